The third kappa shape index (κ3) is 2.37. The summed E-state index contributed by atoms with van der Waals surface area (Å²) in [5, 5.41) is 2.86. The van der Waals surface area contributed by atoms with E-state index in [1.807, 2.05) is 6.92 Å². The molecule has 3 heteroatoms. The molecule has 0 aromatic heterocycles. The Hall–Kier alpha value is -0.240. The Balaban J connectivity index is 2.19. The van der Waals surface area contributed by atoms with Crippen LogP contribution in [-0.4, -0.2) is 17.8 Å². The first-order valence-electron chi connectivity index (χ1n) is 4.10. The quantitative estimate of drug-likeness (QED) is 0.648. The van der Waals surface area contributed by atoms with Crippen LogP contribution in [-0.2, 0) is 4.79 Å². The molecule has 1 aliphatic rings. The molecular formula is C8H14ClNO. The highest BCUT2D eigenvalue weighted by atomic mass is 35.5. The number of nitrogens with one attached hydrogen (secondary N) is 1. The second-order valence-corrected chi connectivity index (χ2v) is 3.50. The van der Waals surface area contributed by atoms with Gasteiger partial charge in [-0.15, -0.1) is 11.6 Å². The topological polar surface area (TPSA) is 29.1 Å². The third-order valence-electron chi connectivity index (χ3n) is 2.10. The molecule has 1 saturated carbocycles. The number of hydrogen-bond acceptors (Lipinski definition) is 1. The minimum atomic E-state index is 0.116. The lowest BCUT2D eigenvalue weighted by Gasteiger charge is -2.25. The summed E-state index contributed by atoms with van der Waals surface area (Å²) in [6.07, 6.45) is 3.31. The monoisotopic (exact) mass is 175 g/mol. The van der Waals surface area contributed by atoms with E-state index in [4.69, 9.17) is 11.6 Å². The first-order valence-corrected chi connectivity index (χ1v) is 4.64. The van der Waals surface area contributed by atoms with Gasteiger partial charge in [-0.1, -0.05) is 6.42 Å². The lowest BCUT2D eigenvalue weighted by molar-refractivity contribution is -0.127. The van der Waals surface area contributed by atoms with Crippen LogP contribution in [0.25, 0.3) is 0 Å². The van der Waals surface area contributed by atoms with Crippen LogP contribution in [0.4, 0.5) is 0 Å². The normalized spacial score (nSPS) is 20.5. The molecule has 0 saturated heterocycles. The fraction of sp³-hybridized carbons (Fsp3) is 0.875. The van der Waals surface area contributed by atoms with Gasteiger partial charge >= 0.3 is 0 Å². The first-order chi connectivity index (χ1) is 5.24. The van der Waals surface area contributed by atoms with Gasteiger partial charge in [-0.25, -0.2) is 0 Å². The molecule has 0 bridgehead atoms. The van der Waals surface area contributed by atoms with E-state index >= 15 is 0 Å². The van der Waals surface area contributed by atoms with Crippen molar-refractivity contribution in [2.45, 2.75) is 32.2 Å². The van der Waals surface area contributed by atoms with Crippen LogP contribution in [0, 0.1) is 5.92 Å². The molecule has 2 nitrogen and oxygen atoms in total. The highest BCUT2D eigenvalue weighted by Gasteiger charge is 2.25. The van der Waals surface area contributed by atoms with Crippen LogP contribution in [0.3, 0.4) is 0 Å². The molecule has 0 heterocycles. The molecule has 0 radical (unpaired) electrons. The van der Waals surface area contributed by atoms with E-state index in [2.05, 4.69) is 5.32 Å². The van der Waals surface area contributed by atoms with Gasteiger partial charge in [-0.05, 0) is 19.8 Å². The number of hydrogen-bond donors (Lipinski definition) is 1. The van der Waals surface area contributed by atoms with E-state index in [0.29, 0.717) is 5.88 Å². The van der Waals surface area contributed by atoms with Crippen molar-refractivity contribution < 1.29 is 4.79 Å². The van der Waals surface area contributed by atoms with Crippen molar-refractivity contribution in [1.82, 2.24) is 5.32 Å². The largest absolute Gasteiger partial charge is 0.352 e. The van der Waals surface area contributed by atoms with Crippen LogP contribution in [0.5, 0.6) is 0 Å². The van der Waals surface area contributed by atoms with Gasteiger partial charge in [-0.2, -0.15) is 0 Å². The Kier molecular flexibility index (Phi) is 3.18. The fourth-order valence-electron chi connectivity index (χ4n) is 1.07. The standard InChI is InChI=1S/C8H14ClNO/c1-6(5-9)10-8(11)7-3-2-4-7/h6-7H,2-5H2,1H3,(H,10,11). The smallest absolute Gasteiger partial charge is 0.223 e. The zero-order chi connectivity index (χ0) is 8.27. The highest BCUT2D eigenvalue weighted by molar-refractivity contribution is 6.18. The van der Waals surface area contributed by atoms with Crippen molar-refractivity contribution in [3.8, 4) is 0 Å². The summed E-state index contributed by atoms with van der Waals surface area (Å²) in [6, 6.07) is 0.116. The maximum atomic E-state index is 11.2. The van der Waals surface area contributed by atoms with Crippen molar-refractivity contribution >= 4 is 17.5 Å². The molecule has 1 aliphatic carbocycles. The predicted molar refractivity (Wildman–Crippen MR) is 45.7 cm³/mol. The second-order valence-electron chi connectivity index (χ2n) is 3.19. The number of alkyl halides is 1. The van der Waals surface area contributed by atoms with E-state index in [-0.39, 0.29) is 17.9 Å². The van der Waals surface area contributed by atoms with Crippen LogP contribution in [0.1, 0.15) is 26.2 Å². The maximum Gasteiger partial charge on any atom is 0.223 e. The predicted octanol–water partition coefficient (Wildman–Crippen LogP) is 1.53. The van der Waals surface area contributed by atoms with Crippen molar-refractivity contribution in [1.29, 1.82) is 0 Å². The number of carbonyl (C=O) groups excluding carboxylic acids is 1. The van der Waals surface area contributed by atoms with E-state index < -0.39 is 0 Å². The van der Waals surface area contributed by atoms with Crippen molar-refractivity contribution in [2.75, 3.05) is 5.88 Å². The lowest BCUT2D eigenvalue weighted by atomic mass is 9.85. The summed E-state index contributed by atoms with van der Waals surface area (Å²) < 4.78 is 0. The van der Waals surface area contributed by atoms with E-state index in [1.165, 1.54) is 6.42 Å². The zero-order valence-electron chi connectivity index (χ0n) is 6.77. The number of carbonyl (C=O) groups is 1. The molecule has 0 aliphatic heterocycles. The van der Waals surface area contributed by atoms with Crippen LogP contribution >= 0.6 is 11.6 Å². The summed E-state index contributed by atoms with van der Waals surface area (Å²) in [5.41, 5.74) is 0. The molecule has 0 spiro atoms. The van der Waals surface area contributed by atoms with Gasteiger partial charge in [0.15, 0.2) is 0 Å². The summed E-state index contributed by atoms with van der Waals surface area (Å²) in [6.45, 7) is 1.92. The van der Waals surface area contributed by atoms with Gasteiger partial charge in [0.25, 0.3) is 0 Å². The van der Waals surface area contributed by atoms with Gasteiger partial charge in [0.05, 0.1) is 0 Å². The fourth-order valence-corrected chi connectivity index (χ4v) is 1.15. The van der Waals surface area contributed by atoms with Crippen LogP contribution in [0.15, 0.2) is 0 Å². The molecule has 64 valence electrons. The third-order valence-corrected chi connectivity index (χ3v) is 2.56. The van der Waals surface area contributed by atoms with Crippen LogP contribution in [0.2, 0.25) is 0 Å². The number of rotatable bonds is 3. The Morgan fingerprint density at radius 2 is 2.36 bits per heavy atom. The van der Waals surface area contributed by atoms with Crippen LogP contribution < -0.4 is 5.32 Å². The van der Waals surface area contributed by atoms with Gasteiger partial charge in [0, 0.05) is 17.8 Å². The van der Waals surface area contributed by atoms with E-state index in [1.54, 1.807) is 0 Å². The van der Waals surface area contributed by atoms with Gasteiger partial charge in [0.2, 0.25) is 5.91 Å². The summed E-state index contributed by atoms with van der Waals surface area (Å²) in [7, 11) is 0. The van der Waals surface area contributed by atoms with E-state index in [0.717, 1.165) is 12.8 Å². The zero-order valence-corrected chi connectivity index (χ0v) is 7.53. The SMILES string of the molecule is CC(CCl)NC(=O)C1CCC1. The molecule has 0 aromatic carbocycles. The molecule has 1 unspecified atom stereocenters. The minimum absolute atomic E-state index is 0.116. The lowest BCUT2D eigenvalue weighted by Crippen LogP contribution is -2.40. The Morgan fingerprint density at radius 1 is 1.73 bits per heavy atom. The second kappa shape index (κ2) is 3.96. The van der Waals surface area contributed by atoms with Gasteiger partial charge < -0.3 is 5.32 Å². The van der Waals surface area contributed by atoms with Crippen molar-refractivity contribution in [3.05, 3.63) is 0 Å². The average Bonchev–Trinajstić information content (AvgIpc) is 1.83. The van der Waals surface area contributed by atoms with Gasteiger partial charge in [0.1, 0.15) is 0 Å². The molecule has 1 amide bonds. The minimum Gasteiger partial charge on any atom is -0.352 e. The molecule has 1 atom stereocenters. The van der Waals surface area contributed by atoms with E-state index in [9.17, 15) is 4.79 Å². The molecule has 11 heavy (non-hydrogen) atoms. The molecule has 1 N–H and O–H groups in total. The Bertz CT molecular complexity index is 145. The Labute approximate surface area is 72.3 Å². The van der Waals surface area contributed by atoms with Crippen molar-refractivity contribution in [3.63, 3.8) is 0 Å². The number of amides is 1. The summed E-state index contributed by atoms with van der Waals surface area (Å²) in [5.74, 6) is 0.961. The van der Waals surface area contributed by atoms with Crippen molar-refractivity contribution in [2.24, 2.45) is 5.92 Å². The average molecular weight is 176 g/mol. The molecule has 1 rings (SSSR count). The molecule has 0 aromatic rings. The summed E-state index contributed by atoms with van der Waals surface area (Å²) >= 11 is 5.55. The molecule has 1 fully saturated rings. The number of halogens is 1. The summed E-state index contributed by atoms with van der Waals surface area (Å²) in [4.78, 5) is 11.2. The highest BCUT2D eigenvalue weighted by Crippen LogP contribution is 2.26. The van der Waals surface area contributed by atoms with Gasteiger partial charge in [-0.3, -0.25) is 4.79 Å². The maximum absolute atomic E-state index is 11.2. The Morgan fingerprint density at radius 3 is 2.73 bits per heavy atom. The first kappa shape index (κ1) is 8.85. The molecular weight excluding hydrogens is 162 g/mol.